The first-order chi connectivity index (χ1) is 11.2. The van der Waals surface area contributed by atoms with Gasteiger partial charge in [0.15, 0.2) is 5.69 Å². The molecule has 2 saturated heterocycles. The fraction of sp³-hybridized carbons (Fsp3) is 0.600. The number of amides is 1. The third kappa shape index (κ3) is 3.54. The van der Waals surface area contributed by atoms with Crippen LogP contribution in [0.3, 0.4) is 0 Å². The summed E-state index contributed by atoms with van der Waals surface area (Å²) in [6.45, 7) is 2.85. The Morgan fingerprint density at radius 3 is 2.96 bits per heavy atom. The number of aromatic nitrogens is 2. The summed E-state index contributed by atoms with van der Waals surface area (Å²) in [6.07, 6.45) is 4.38. The molecule has 0 unspecified atom stereocenters. The van der Waals surface area contributed by atoms with Crippen molar-refractivity contribution in [2.75, 3.05) is 31.2 Å². The fourth-order valence-electron chi connectivity index (χ4n) is 2.87. The summed E-state index contributed by atoms with van der Waals surface area (Å²) in [5, 5.41) is 12.2. The second-order valence-corrected chi connectivity index (χ2v) is 6.17. The molecule has 7 nitrogen and oxygen atoms in total. The molecule has 2 aliphatic rings. The first-order valence-corrected chi connectivity index (χ1v) is 8.12. The predicted octanol–water partition coefficient (Wildman–Crippen LogP) is 1.39. The first kappa shape index (κ1) is 16.0. The molecule has 1 N–H and O–H groups in total. The maximum absolute atomic E-state index is 12.5. The van der Waals surface area contributed by atoms with E-state index in [1.807, 2.05) is 4.90 Å². The van der Waals surface area contributed by atoms with Crippen LogP contribution < -0.4 is 10.2 Å². The van der Waals surface area contributed by atoms with Crippen molar-refractivity contribution < 1.29 is 9.53 Å². The van der Waals surface area contributed by atoms with Crippen molar-refractivity contribution in [2.24, 2.45) is 5.92 Å². The van der Waals surface area contributed by atoms with E-state index >= 15 is 0 Å². The zero-order chi connectivity index (χ0) is 16.2. The number of carbonyl (C=O) groups excluding carboxylic acids is 1. The zero-order valence-corrected chi connectivity index (χ0v) is 13.4. The lowest BCUT2D eigenvalue weighted by Crippen LogP contribution is -2.40. The maximum atomic E-state index is 12.5. The van der Waals surface area contributed by atoms with Crippen molar-refractivity contribution in [2.45, 2.75) is 25.3 Å². The molecule has 23 heavy (non-hydrogen) atoms. The normalized spacial score (nSPS) is 21.9. The predicted molar refractivity (Wildman–Crippen MR) is 84.3 cm³/mol. The van der Waals surface area contributed by atoms with Crippen molar-refractivity contribution in [1.29, 1.82) is 5.26 Å². The average Bonchev–Trinajstić information content (AvgIpc) is 3.26. The SMILES string of the molecule is N#C[C@@H](NC(=O)c1nc(N2CCCC2)ncc1Cl)[C@@H]1CCOC1. The molecule has 2 atom stereocenters. The number of hydrogen-bond acceptors (Lipinski definition) is 6. The van der Waals surface area contributed by atoms with Gasteiger partial charge in [-0.3, -0.25) is 4.79 Å². The van der Waals surface area contributed by atoms with Crippen LogP contribution in [0.1, 0.15) is 29.8 Å². The minimum atomic E-state index is -0.605. The maximum Gasteiger partial charge on any atom is 0.272 e. The van der Waals surface area contributed by atoms with Gasteiger partial charge in [0.05, 0.1) is 23.9 Å². The Hall–Kier alpha value is -1.91. The quantitative estimate of drug-likeness (QED) is 0.894. The second-order valence-electron chi connectivity index (χ2n) is 5.76. The number of ether oxygens (including phenoxy) is 1. The number of anilines is 1. The molecule has 2 aliphatic heterocycles. The Labute approximate surface area is 139 Å². The van der Waals surface area contributed by atoms with E-state index in [1.165, 1.54) is 6.20 Å². The zero-order valence-electron chi connectivity index (χ0n) is 12.7. The molecule has 0 aliphatic carbocycles. The molecule has 2 fully saturated rings. The fourth-order valence-corrected chi connectivity index (χ4v) is 3.04. The molecule has 8 heteroatoms. The van der Waals surface area contributed by atoms with E-state index < -0.39 is 11.9 Å². The van der Waals surface area contributed by atoms with Gasteiger partial charge in [0.25, 0.3) is 5.91 Å². The topological polar surface area (TPSA) is 91.1 Å². The van der Waals surface area contributed by atoms with Crippen LogP contribution in [0.2, 0.25) is 5.02 Å². The van der Waals surface area contributed by atoms with Gasteiger partial charge in [-0.15, -0.1) is 0 Å². The summed E-state index contributed by atoms with van der Waals surface area (Å²) in [7, 11) is 0. The van der Waals surface area contributed by atoms with Crippen LogP contribution >= 0.6 is 11.6 Å². The van der Waals surface area contributed by atoms with Crippen LogP contribution in [-0.2, 0) is 4.74 Å². The van der Waals surface area contributed by atoms with Crippen LogP contribution in [0.4, 0.5) is 5.95 Å². The Bertz CT molecular complexity index is 621. The number of hydrogen-bond donors (Lipinski definition) is 1. The first-order valence-electron chi connectivity index (χ1n) is 7.75. The van der Waals surface area contributed by atoms with Crippen molar-refractivity contribution in [3.8, 4) is 6.07 Å². The lowest BCUT2D eigenvalue weighted by atomic mass is 10.0. The molecule has 0 aromatic carbocycles. The molecular weight excluding hydrogens is 318 g/mol. The molecule has 1 aromatic heterocycles. The number of carbonyl (C=O) groups is 1. The van der Waals surface area contributed by atoms with Gasteiger partial charge in [-0.2, -0.15) is 5.26 Å². The molecule has 1 aromatic rings. The molecule has 3 heterocycles. The number of nitrogens with one attached hydrogen (secondary N) is 1. The minimum Gasteiger partial charge on any atom is -0.381 e. The van der Waals surface area contributed by atoms with Crippen molar-refractivity contribution in [3.63, 3.8) is 0 Å². The Kier molecular flexibility index (Phi) is 4.94. The molecule has 0 bridgehead atoms. The minimum absolute atomic E-state index is 0.00242. The van der Waals surface area contributed by atoms with Crippen LogP contribution in [0.5, 0.6) is 0 Å². The molecule has 1 amide bonds. The largest absolute Gasteiger partial charge is 0.381 e. The van der Waals surface area contributed by atoms with Crippen molar-refractivity contribution in [3.05, 3.63) is 16.9 Å². The summed E-state index contributed by atoms with van der Waals surface area (Å²) in [5.74, 6) is 0.0636. The highest BCUT2D eigenvalue weighted by Crippen LogP contribution is 2.21. The lowest BCUT2D eigenvalue weighted by Gasteiger charge is -2.18. The summed E-state index contributed by atoms with van der Waals surface area (Å²) >= 11 is 6.07. The Morgan fingerprint density at radius 2 is 2.30 bits per heavy atom. The average molecular weight is 336 g/mol. The number of nitrogens with zero attached hydrogens (tertiary/aromatic N) is 4. The summed E-state index contributed by atoms with van der Waals surface area (Å²) in [6, 6.07) is 1.52. The monoisotopic (exact) mass is 335 g/mol. The molecule has 3 rings (SSSR count). The summed E-state index contributed by atoms with van der Waals surface area (Å²) in [5.41, 5.74) is 0.114. The van der Waals surface area contributed by atoms with Gasteiger partial charge in [-0.25, -0.2) is 9.97 Å². The van der Waals surface area contributed by atoms with Gasteiger partial charge < -0.3 is 15.0 Å². The van der Waals surface area contributed by atoms with E-state index in [9.17, 15) is 10.1 Å². The number of rotatable bonds is 4. The third-order valence-corrected chi connectivity index (χ3v) is 4.47. The molecular formula is C15H18ClN5O2. The highest BCUT2D eigenvalue weighted by Gasteiger charge is 2.28. The van der Waals surface area contributed by atoms with Crippen molar-refractivity contribution >= 4 is 23.5 Å². The summed E-state index contributed by atoms with van der Waals surface area (Å²) < 4.78 is 5.28. The van der Waals surface area contributed by atoms with E-state index in [4.69, 9.17) is 16.3 Å². The van der Waals surface area contributed by atoms with Gasteiger partial charge >= 0.3 is 0 Å². The highest BCUT2D eigenvalue weighted by molar-refractivity contribution is 6.33. The van der Waals surface area contributed by atoms with Gasteiger partial charge in [0.1, 0.15) is 6.04 Å². The van der Waals surface area contributed by atoms with Crippen LogP contribution in [0.25, 0.3) is 0 Å². The molecule has 0 spiro atoms. The third-order valence-electron chi connectivity index (χ3n) is 4.20. The number of nitriles is 1. The van der Waals surface area contributed by atoms with E-state index in [0.29, 0.717) is 19.2 Å². The van der Waals surface area contributed by atoms with Crippen LogP contribution in [0, 0.1) is 17.2 Å². The number of halogens is 1. The molecule has 0 saturated carbocycles. The molecule has 0 radical (unpaired) electrons. The van der Waals surface area contributed by atoms with Gasteiger partial charge in [0, 0.05) is 25.6 Å². The van der Waals surface area contributed by atoms with Crippen LogP contribution in [0.15, 0.2) is 6.20 Å². The van der Waals surface area contributed by atoms with Crippen LogP contribution in [-0.4, -0.2) is 48.2 Å². The Morgan fingerprint density at radius 1 is 1.52 bits per heavy atom. The lowest BCUT2D eigenvalue weighted by molar-refractivity contribution is 0.0926. The van der Waals surface area contributed by atoms with Gasteiger partial charge in [0.2, 0.25) is 5.95 Å². The van der Waals surface area contributed by atoms with E-state index in [0.717, 1.165) is 32.4 Å². The van der Waals surface area contributed by atoms with Gasteiger partial charge in [-0.05, 0) is 19.3 Å². The Balaban J connectivity index is 1.75. The summed E-state index contributed by atoms with van der Waals surface area (Å²) in [4.78, 5) is 23.0. The second kappa shape index (κ2) is 7.11. The van der Waals surface area contributed by atoms with Gasteiger partial charge in [-0.1, -0.05) is 11.6 Å². The van der Waals surface area contributed by atoms with E-state index in [2.05, 4.69) is 21.4 Å². The molecule has 122 valence electrons. The standard InChI is InChI=1S/C15H18ClN5O2/c16-11-8-18-15(21-4-1-2-5-21)20-13(11)14(22)19-12(7-17)10-3-6-23-9-10/h8,10,12H,1-6,9H2,(H,19,22)/t10-,12-/m1/s1. The van der Waals surface area contributed by atoms with E-state index in [1.54, 1.807) is 0 Å². The highest BCUT2D eigenvalue weighted by atomic mass is 35.5. The smallest absolute Gasteiger partial charge is 0.272 e. The van der Waals surface area contributed by atoms with Crippen molar-refractivity contribution in [1.82, 2.24) is 15.3 Å². The van der Waals surface area contributed by atoms with E-state index in [-0.39, 0.29) is 16.6 Å².